The fourth-order valence-corrected chi connectivity index (χ4v) is 3.94. The van der Waals surface area contributed by atoms with Gasteiger partial charge in [-0.1, -0.05) is 59.8 Å². The molecule has 0 N–H and O–H groups in total. The van der Waals surface area contributed by atoms with E-state index in [1.165, 1.54) is 57.8 Å². The average Bonchev–Trinajstić information content (AvgIpc) is 2.67. The van der Waals surface area contributed by atoms with Gasteiger partial charge in [0.15, 0.2) is 0 Å². The van der Waals surface area contributed by atoms with Crippen molar-refractivity contribution in [3.63, 3.8) is 0 Å². The first-order chi connectivity index (χ1) is 7.67. The maximum atomic E-state index is 2.47. The summed E-state index contributed by atoms with van der Waals surface area (Å²) in [6.45, 7) is 9.61. The number of hydrogen-bond acceptors (Lipinski definition) is 0. The van der Waals surface area contributed by atoms with Crippen LogP contribution in [0.1, 0.15) is 85.5 Å². The monoisotopic (exact) mass is 224 g/mol. The van der Waals surface area contributed by atoms with Crippen molar-refractivity contribution in [3.8, 4) is 0 Å². The number of hydrogen-bond donors (Lipinski definition) is 0. The van der Waals surface area contributed by atoms with Gasteiger partial charge in [0.05, 0.1) is 0 Å². The minimum absolute atomic E-state index is 0.713. The van der Waals surface area contributed by atoms with E-state index in [-0.39, 0.29) is 0 Å². The second kappa shape index (κ2) is 6.67. The third kappa shape index (κ3) is 3.02. The van der Waals surface area contributed by atoms with Crippen LogP contribution in [0.25, 0.3) is 0 Å². The first-order valence-electron chi connectivity index (χ1n) is 7.67. The van der Waals surface area contributed by atoms with Crippen molar-refractivity contribution in [2.75, 3.05) is 0 Å². The van der Waals surface area contributed by atoms with Crippen LogP contribution in [0.3, 0.4) is 0 Å². The normalized spacial score (nSPS) is 30.2. The van der Waals surface area contributed by atoms with Crippen LogP contribution >= 0.6 is 0 Å². The van der Waals surface area contributed by atoms with E-state index in [0.29, 0.717) is 5.41 Å². The van der Waals surface area contributed by atoms with Crippen molar-refractivity contribution in [2.24, 2.45) is 17.3 Å². The maximum absolute atomic E-state index is 2.47. The quantitative estimate of drug-likeness (QED) is 0.512. The van der Waals surface area contributed by atoms with Crippen molar-refractivity contribution in [1.82, 2.24) is 0 Å². The predicted octanol–water partition coefficient (Wildman–Crippen LogP) is 5.81. The van der Waals surface area contributed by atoms with Crippen LogP contribution < -0.4 is 0 Å². The van der Waals surface area contributed by atoms with E-state index < -0.39 is 0 Å². The van der Waals surface area contributed by atoms with Gasteiger partial charge in [0, 0.05) is 0 Å². The molecule has 1 aliphatic rings. The number of rotatable bonds is 7. The Morgan fingerprint density at radius 1 is 1.12 bits per heavy atom. The molecule has 0 aromatic rings. The first kappa shape index (κ1) is 14.1. The molecular formula is C16H32. The lowest BCUT2D eigenvalue weighted by molar-refractivity contribution is 0.0965. The molecule has 0 aromatic carbocycles. The van der Waals surface area contributed by atoms with Gasteiger partial charge in [0.1, 0.15) is 0 Å². The lowest BCUT2D eigenvalue weighted by atomic mass is 9.65. The van der Waals surface area contributed by atoms with Gasteiger partial charge < -0.3 is 0 Å². The minimum Gasteiger partial charge on any atom is -0.0654 e. The summed E-state index contributed by atoms with van der Waals surface area (Å²) < 4.78 is 0. The molecule has 0 radical (unpaired) electrons. The van der Waals surface area contributed by atoms with Crippen molar-refractivity contribution in [3.05, 3.63) is 0 Å². The highest BCUT2D eigenvalue weighted by Crippen LogP contribution is 2.53. The zero-order valence-corrected chi connectivity index (χ0v) is 12.0. The Morgan fingerprint density at radius 2 is 1.81 bits per heavy atom. The van der Waals surface area contributed by atoms with E-state index in [4.69, 9.17) is 0 Å². The van der Waals surface area contributed by atoms with Crippen LogP contribution in [0.5, 0.6) is 0 Å². The fourth-order valence-electron chi connectivity index (χ4n) is 3.94. The first-order valence-corrected chi connectivity index (χ1v) is 7.67. The Morgan fingerprint density at radius 3 is 2.38 bits per heavy atom. The molecule has 1 fully saturated rings. The Balaban J connectivity index is 2.64. The Hall–Kier alpha value is 0. The summed E-state index contributed by atoms with van der Waals surface area (Å²) in [6, 6.07) is 0. The van der Waals surface area contributed by atoms with Crippen molar-refractivity contribution < 1.29 is 0 Å². The smallest absolute Gasteiger partial charge is 0.0246 e. The van der Waals surface area contributed by atoms with Gasteiger partial charge in [-0.05, 0) is 42.9 Å². The molecule has 1 saturated carbocycles. The van der Waals surface area contributed by atoms with E-state index >= 15 is 0 Å². The highest BCUT2D eigenvalue weighted by Gasteiger charge is 2.43. The highest BCUT2D eigenvalue weighted by atomic mass is 14.5. The van der Waals surface area contributed by atoms with Gasteiger partial charge in [0.25, 0.3) is 0 Å². The summed E-state index contributed by atoms with van der Waals surface area (Å²) in [6.07, 6.45) is 13.2. The van der Waals surface area contributed by atoms with Gasteiger partial charge in [-0.15, -0.1) is 0 Å². The Bertz CT molecular complexity index is 182. The standard InChI is InChI=1S/C16H32/c1-5-7-10-15-11-9-13-16(15,14(3)4)12-8-6-2/h14-15H,5-13H2,1-4H3. The van der Waals surface area contributed by atoms with E-state index in [2.05, 4.69) is 27.7 Å². The van der Waals surface area contributed by atoms with Crippen molar-refractivity contribution in [1.29, 1.82) is 0 Å². The molecule has 16 heavy (non-hydrogen) atoms. The van der Waals surface area contributed by atoms with Crippen molar-refractivity contribution in [2.45, 2.75) is 85.5 Å². The molecule has 1 aliphatic carbocycles. The molecule has 0 spiro atoms. The largest absolute Gasteiger partial charge is 0.0654 e. The SMILES string of the molecule is CCCCC1CCCC1(CCCC)C(C)C. The molecule has 1 rings (SSSR count). The molecule has 0 heteroatoms. The summed E-state index contributed by atoms with van der Waals surface area (Å²) in [5.41, 5.74) is 0.713. The van der Waals surface area contributed by atoms with Crippen LogP contribution in [-0.4, -0.2) is 0 Å². The highest BCUT2D eigenvalue weighted by molar-refractivity contribution is 4.93. The van der Waals surface area contributed by atoms with Crippen LogP contribution in [-0.2, 0) is 0 Å². The van der Waals surface area contributed by atoms with Gasteiger partial charge in [0.2, 0.25) is 0 Å². The molecule has 0 bridgehead atoms. The predicted molar refractivity (Wildman–Crippen MR) is 73.7 cm³/mol. The van der Waals surface area contributed by atoms with E-state index in [1.54, 1.807) is 0 Å². The molecule has 0 nitrogen and oxygen atoms in total. The summed E-state index contributed by atoms with van der Waals surface area (Å²) in [5, 5.41) is 0. The van der Waals surface area contributed by atoms with Crippen LogP contribution in [0, 0.1) is 17.3 Å². The topological polar surface area (TPSA) is 0 Å². The van der Waals surface area contributed by atoms with Crippen LogP contribution in [0.4, 0.5) is 0 Å². The fraction of sp³-hybridized carbons (Fsp3) is 1.00. The Kier molecular flexibility index (Phi) is 5.86. The average molecular weight is 224 g/mol. The van der Waals surface area contributed by atoms with Gasteiger partial charge in [-0.3, -0.25) is 0 Å². The minimum atomic E-state index is 0.713. The number of unbranched alkanes of at least 4 members (excludes halogenated alkanes) is 2. The summed E-state index contributed by atoms with van der Waals surface area (Å²) in [4.78, 5) is 0. The molecule has 2 atom stereocenters. The second-order valence-corrected chi connectivity index (χ2v) is 6.22. The van der Waals surface area contributed by atoms with E-state index in [1.807, 2.05) is 0 Å². The third-order valence-electron chi connectivity index (χ3n) is 5.06. The maximum Gasteiger partial charge on any atom is -0.0246 e. The zero-order chi connectivity index (χ0) is 12.0. The zero-order valence-electron chi connectivity index (χ0n) is 12.0. The summed E-state index contributed by atoms with van der Waals surface area (Å²) in [5.74, 6) is 1.93. The molecule has 0 aliphatic heterocycles. The summed E-state index contributed by atoms with van der Waals surface area (Å²) >= 11 is 0. The van der Waals surface area contributed by atoms with Crippen molar-refractivity contribution >= 4 is 0 Å². The molecule has 96 valence electrons. The summed E-state index contributed by atoms with van der Waals surface area (Å²) in [7, 11) is 0. The molecule has 0 saturated heterocycles. The molecule has 0 heterocycles. The van der Waals surface area contributed by atoms with Gasteiger partial charge in [-0.25, -0.2) is 0 Å². The second-order valence-electron chi connectivity index (χ2n) is 6.22. The van der Waals surface area contributed by atoms with E-state index in [9.17, 15) is 0 Å². The molecule has 0 aromatic heterocycles. The molecule has 0 amide bonds. The molecular weight excluding hydrogens is 192 g/mol. The Labute approximate surface area is 103 Å². The van der Waals surface area contributed by atoms with Crippen LogP contribution in [0.15, 0.2) is 0 Å². The molecule has 2 unspecified atom stereocenters. The third-order valence-corrected chi connectivity index (χ3v) is 5.06. The van der Waals surface area contributed by atoms with E-state index in [0.717, 1.165) is 11.8 Å². The van der Waals surface area contributed by atoms with Gasteiger partial charge >= 0.3 is 0 Å². The lowest BCUT2D eigenvalue weighted by Gasteiger charge is -2.40. The van der Waals surface area contributed by atoms with Gasteiger partial charge in [-0.2, -0.15) is 0 Å². The van der Waals surface area contributed by atoms with Crippen LogP contribution in [0.2, 0.25) is 0 Å². The lowest BCUT2D eigenvalue weighted by Crippen LogP contribution is -2.31.